The number of carboxylic acid groups (broad SMARTS) is 2. The minimum atomic E-state index is -1.55. The molecule has 13 nitrogen and oxygen atoms in total. The molecule has 3 rings (SSSR count). The highest BCUT2D eigenvalue weighted by Gasteiger charge is 2.38. The van der Waals surface area contributed by atoms with E-state index in [1.54, 1.807) is 0 Å². The Bertz CT molecular complexity index is 1110. The lowest BCUT2D eigenvalue weighted by atomic mass is 10.0. The number of likely N-dealkylation sites (tertiary alicyclic amines) is 1. The molecule has 4 atom stereocenters. The first kappa shape index (κ1) is 27.3. The molecule has 37 heavy (non-hydrogen) atoms. The van der Waals surface area contributed by atoms with Gasteiger partial charge in [0.15, 0.2) is 0 Å². The number of carboxylic acids is 2. The summed E-state index contributed by atoms with van der Waals surface area (Å²) in [5.41, 5.74) is 7.43. The Morgan fingerprint density at radius 3 is 2.43 bits per heavy atom. The van der Waals surface area contributed by atoms with Gasteiger partial charge < -0.3 is 36.5 Å². The normalized spacial score (nSPS) is 17.4. The summed E-state index contributed by atoms with van der Waals surface area (Å²) in [5.74, 6) is -4.82. The van der Waals surface area contributed by atoms with Crippen molar-refractivity contribution in [3.63, 3.8) is 0 Å². The summed E-state index contributed by atoms with van der Waals surface area (Å²) in [4.78, 5) is 69.8. The van der Waals surface area contributed by atoms with E-state index in [1.165, 1.54) is 17.4 Å². The highest BCUT2D eigenvalue weighted by Crippen LogP contribution is 2.19. The minimum absolute atomic E-state index is 0.126. The van der Waals surface area contributed by atoms with Crippen molar-refractivity contribution in [2.24, 2.45) is 5.73 Å². The zero-order chi connectivity index (χ0) is 26.9. The van der Waals surface area contributed by atoms with Gasteiger partial charge in [-0.05, 0) is 24.8 Å². The van der Waals surface area contributed by atoms with Crippen molar-refractivity contribution < 1.29 is 34.2 Å². The maximum Gasteiger partial charge on any atom is 0.326 e. The Hall–Kier alpha value is -4.26. The van der Waals surface area contributed by atoms with Crippen LogP contribution in [-0.4, -0.2) is 85.5 Å². The van der Waals surface area contributed by atoms with E-state index in [0.29, 0.717) is 25.1 Å². The van der Waals surface area contributed by atoms with Gasteiger partial charge in [0.05, 0.1) is 18.8 Å². The molecule has 0 radical (unpaired) electrons. The number of carbonyl (C=O) groups excluding carboxylic acids is 3. The molecule has 4 unspecified atom stereocenters. The van der Waals surface area contributed by atoms with Crippen molar-refractivity contribution >= 4 is 29.7 Å². The fourth-order valence-electron chi connectivity index (χ4n) is 4.21. The van der Waals surface area contributed by atoms with E-state index in [-0.39, 0.29) is 12.8 Å². The summed E-state index contributed by atoms with van der Waals surface area (Å²) in [6, 6.07) is 4.43. The van der Waals surface area contributed by atoms with Crippen molar-refractivity contribution in [1.29, 1.82) is 0 Å². The molecule has 2 aromatic rings. The van der Waals surface area contributed by atoms with Gasteiger partial charge in [-0.2, -0.15) is 0 Å². The van der Waals surface area contributed by atoms with E-state index in [1.807, 2.05) is 30.3 Å². The van der Waals surface area contributed by atoms with Crippen LogP contribution >= 0.6 is 0 Å². The molecule has 1 saturated heterocycles. The standard InChI is InChI=1S/C24H30N6O7/c25-16(9-14-5-2-1-3-6-14)23(35)30-8-4-7-19(30)22(34)28-17(11-20(31)32)21(33)29-18(24(36)37)10-15-12-26-13-27-15/h1-3,5-6,12-13,16-19H,4,7-11,25H2,(H,26,27)(H,28,34)(H,29,33)(H,31,32)(H,36,37). The van der Waals surface area contributed by atoms with E-state index in [2.05, 4.69) is 20.6 Å². The molecule has 3 amide bonds. The van der Waals surface area contributed by atoms with E-state index < -0.39 is 60.2 Å². The SMILES string of the molecule is NC(Cc1ccccc1)C(=O)N1CCCC1C(=O)NC(CC(=O)O)C(=O)NC(Cc1cnc[nH]1)C(=O)O. The monoisotopic (exact) mass is 514 g/mol. The van der Waals surface area contributed by atoms with Gasteiger partial charge in [0, 0.05) is 24.9 Å². The van der Waals surface area contributed by atoms with Gasteiger partial charge >= 0.3 is 11.9 Å². The number of aromatic amines is 1. The first-order valence-electron chi connectivity index (χ1n) is 11.8. The maximum atomic E-state index is 13.1. The Balaban J connectivity index is 1.66. The third-order valence-electron chi connectivity index (χ3n) is 6.06. The van der Waals surface area contributed by atoms with Crippen LogP contribution in [0, 0.1) is 0 Å². The molecule has 1 aliphatic rings. The first-order valence-corrected chi connectivity index (χ1v) is 11.8. The number of aliphatic carboxylic acids is 2. The van der Waals surface area contributed by atoms with Crippen LogP contribution < -0.4 is 16.4 Å². The van der Waals surface area contributed by atoms with Crippen LogP contribution in [0.15, 0.2) is 42.9 Å². The van der Waals surface area contributed by atoms with Crippen molar-refractivity contribution in [3.8, 4) is 0 Å². The van der Waals surface area contributed by atoms with E-state index in [4.69, 9.17) is 5.73 Å². The minimum Gasteiger partial charge on any atom is -0.481 e. The lowest BCUT2D eigenvalue weighted by Crippen LogP contribution is -2.57. The van der Waals surface area contributed by atoms with Gasteiger partial charge in [0.2, 0.25) is 17.7 Å². The number of H-pyrrole nitrogens is 1. The van der Waals surface area contributed by atoms with Crippen LogP contribution in [0.3, 0.4) is 0 Å². The number of rotatable bonds is 12. The fourth-order valence-corrected chi connectivity index (χ4v) is 4.21. The van der Waals surface area contributed by atoms with Crippen molar-refractivity contribution in [2.45, 2.75) is 56.3 Å². The molecule has 0 saturated carbocycles. The Morgan fingerprint density at radius 2 is 1.81 bits per heavy atom. The quantitative estimate of drug-likeness (QED) is 0.206. The maximum absolute atomic E-state index is 13.1. The number of imidazole rings is 1. The lowest BCUT2D eigenvalue weighted by Gasteiger charge is -2.28. The second kappa shape index (κ2) is 12.6. The molecule has 0 spiro atoms. The molecule has 1 fully saturated rings. The van der Waals surface area contributed by atoms with Gasteiger partial charge in [0.25, 0.3) is 0 Å². The van der Waals surface area contributed by atoms with Gasteiger partial charge in [-0.25, -0.2) is 9.78 Å². The van der Waals surface area contributed by atoms with E-state index in [9.17, 15) is 34.2 Å². The predicted molar refractivity (Wildman–Crippen MR) is 129 cm³/mol. The molecule has 1 aliphatic heterocycles. The average molecular weight is 515 g/mol. The lowest BCUT2D eigenvalue weighted by molar-refractivity contribution is -0.144. The third kappa shape index (κ3) is 7.61. The molecule has 0 bridgehead atoms. The molecule has 2 heterocycles. The van der Waals surface area contributed by atoms with E-state index in [0.717, 1.165) is 5.56 Å². The molecule has 1 aromatic carbocycles. The molecule has 1 aromatic heterocycles. The number of hydrogen-bond acceptors (Lipinski definition) is 7. The fraction of sp³-hybridized carbons (Fsp3) is 0.417. The number of benzene rings is 1. The van der Waals surface area contributed by atoms with Gasteiger partial charge in [-0.3, -0.25) is 19.2 Å². The van der Waals surface area contributed by atoms with Crippen molar-refractivity contribution in [2.75, 3.05) is 6.54 Å². The Morgan fingerprint density at radius 1 is 1.08 bits per heavy atom. The van der Waals surface area contributed by atoms with Crippen LogP contribution in [0.25, 0.3) is 0 Å². The second-order valence-electron chi connectivity index (χ2n) is 8.83. The summed E-state index contributed by atoms with van der Waals surface area (Å²) >= 11 is 0. The van der Waals surface area contributed by atoms with Crippen LogP contribution in [0.2, 0.25) is 0 Å². The summed E-state index contributed by atoms with van der Waals surface area (Å²) in [6.45, 7) is 0.292. The summed E-state index contributed by atoms with van der Waals surface area (Å²) in [5, 5.41) is 23.4. The molecular weight excluding hydrogens is 484 g/mol. The average Bonchev–Trinajstić information content (AvgIpc) is 3.55. The van der Waals surface area contributed by atoms with Crippen LogP contribution in [0.5, 0.6) is 0 Å². The second-order valence-corrected chi connectivity index (χ2v) is 8.83. The molecule has 198 valence electrons. The molecule has 13 heteroatoms. The number of aromatic nitrogens is 2. The molecule has 0 aliphatic carbocycles. The number of nitrogens with one attached hydrogen (secondary N) is 3. The van der Waals surface area contributed by atoms with Gasteiger partial charge in [0.1, 0.15) is 18.1 Å². The largest absolute Gasteiger partial charge is 0.481 e. The zero-order valence-corrected chi connectivity index (χ0v) is 20.0. The number of nitrogens with two attached hydrogens (primary N) is 1. The number of amides is 3. The highest BCUT2D eigenvalue weighted by atomic mass is 16.4. The predicted octanol–water partition coefficient (Wildman–Crippen LogP) is -0.958. The van der Waals surface area contributed by atoms with Crippen LogP contribution in [0.1, 0.15) is 30.5 Å². The number of hydrogen-bond donors (Lipinski definition) is 6. The summed E-state index contributed by atoms with van der Waals surface area (Å²) < 4.78 is 0. The van der Waals surface area contributed by atoms with Gasteiger partial charge in [-0.15, -0.1) is 0 Å². The van der Waals surface area contributed by atoms with Gasteiger partial charge in [-0.1, -0.05) is 30.3 Å². The smallest absolute Gasteiger partial charge is 0.326 e. The summed E-state index contributed by atoms with van der Waals surface area (Å²) in [6.07, 6.45) is 2.97. The van der Waals surface area contributed by atoms with E-state index >= 15 is 0 Å². The first-order chi connectivity index (χ1) is 17.7. The Kier molecular flexibility index (Phi) is 9.33. The molecule has 7 N–H and O–H groups in total. The number of carbonyl (C=O) groups is 5. The molecular formula is C24H30N6O7. The third-order valence-corrected chi connectivity index (χ3v) is 6.06. The highest BCUT2D eigenvalue weighted by molar-refractivity contribution is 5.96. The Labute approximate surface area is 212 Å². The van der Waals surface area contributed by atoms with Crippen molar-refractivity contribution in [1.82, 2.24) is 25.5 Å². The number of nitrogens with zero attached hydrogens (tertiary/aromatic N) is 2. The topological polar surface area (TPSA) is 208 Å². The summed E-state index contributed by atoms with van der Waals surface area (Å²) in [7, 11) is 0. The zero-order valence-electron chi connectivity index (χ0n) is 20.0. The van der Waals surface area contributed by atoms with Crippen LogP contribution in [0.4, 0.5) is 0 Å². The van der Waals surface area contributed by atoms with Crippen LogP contribution in [-0.2, 0) is 36.8 Å². The van der Waals surface area contributed by atoms with Crippen molar-refractivity contribution in [3.05, 3.63) is 54.1 Å².